The third-order valence-electron chi connectivity index (χ3n) is 2.39. The molecule has 16 heavy (non-hydrogen) atoms. The quantitative estimate of drug-likeness (QED) is 0.693. The maximum absolute atomic E-state index is 12.6. The summed E-state index contributed by atoms with van der Waals surface area (Å²) in [5.74, 6) is -0.451. The summed E-state index contributed by atoms with van der Waals surface area (Å²) in [6.07, 6.45) is 5.45. The number of aryl methyl sites for hydroxylation is 1. The van der Waals surface area contributed by atoms with Crippen molar-refractivity contribution in [1.29, 1.82) is 0 Å². The van der Waals surface area contributed by atoms with Crippen LogP contribution in [0.15, 0.2) is 42.6 Å². The average Bonchev–Trinajstić information content (AvgIpc) is 2.30. The molecule has 80 valence electrons. The van der Waals surface area contributed by atoms with Crippen LogP contribution in [0.25, 0.3) is 12.2 Å². The number of pyridine rings is 1. The van der Waals surface area contributed by atoms with Gasteiger partial charge in [-0.2, -0.15) is 4.39 Å². The summed E-state index contributed by atoms with van der Waals surface area (Å²) in [4.78, 5) is 3.60. The Morgan fingerprint density at radius 3 is 2.56 bits per heavy atom. The van der Waals surface area contributed by atoms with Crippen molar-refractivity contribution in [2.24, 2.45) is 0 Å². The van der Waals surface area contributed by atoms with E-state index in [0.29, 0.717) is 0 Å². The molecule has 1 heterocycles. The summed E-state index contributed by atoms with van der Waals surface area (Å²) in [6, 6.07) is 11.2. The van der Waals surface area contributed by atoms with Crippen molar-refractivity contribution >= 4 is 12.2 Å². The van der Waals surface area contributed by atoms with Gasteiger partial charge in [0.05, 0.1) is 0 Å². The zero-order chi connectivity index (χ0) is 11.4. The molecule has 0 spiro atoms. The van der Waals surface area contributed by atoms with Crippen molar-refractivity contribution in [2.45, 2.75) is 6.92 Å². The molecular weight excluding hydrogens is 201 g/mol. The molecule has 0 atom stereocenters. The maximum Gasteiger partial charge on any atom is 0.212 e. The summed E-state index contributed by atoms with van der Waals surface area (Å²) in [6.45, 7) is 2.06. The first-order chi connectivity index (χ1) is 7.75. The van der Waals surface area contributed by atoms with Crippen LogP contribution >= 0.6 is 0 Å². The third-order valence-corrected chi connectivity index (χ3v) is 2.39. The topological polar surface area (TPSA) is 12.9 Å². The van der Waals surface area contributed by atoms with Gasteiger partial charge in [-0.25, -0.2) is 4.98 Å². The van der Waals surface area contributed by atoms with Gasteiger partial charge < -0.3 is 0 Å². The van der Waals surface area contributed by atoms with Gasteiger partial charge in [0.25, 0.3) is 0 Å². The molecule has 1 aromatic carbocycles. The van der Waals surface area contributed by atoms with Gasteiger partial charge in [-0.05, 0) is 35.7 Å². The smallest absolute Gasteiger partial charge is 0.212 e. The van der Waals surface area contributed by atoms with E-state index in [4.69, 9.17) is 0 Å². The molecule has 0 unspecified atom stereocenters. The number of hydrogen-bond acceptors (Lipinski definition) is 1. The largest absolute Gasteiger partial charge is 0.228 e. The summed E-state index contributed by atoms with van der Waals surface area (Å²) in [7, 11) is 0. The molecule has 1 nitrogen and oxygen atoms in total. The predicted octanol–water partition coefficient (Wildman–Crippen LogP) is 3.70. The molecule has 0 N–H and O–H groups in total. The minimum Gasteiger partial charge on any atom is -0.228 e. The Labute approximate surface area is 94.3 Å². The molecular formula is C14H12FN. The highest BCUT2D eigenvalue weighted by Gasteiger charge is 1.93. The maximum atomic E-state index is 12.6. The van der Waals surface area contributed by atoms with Crippen LogP contribution < -0.4 is 0 Å². The van der Waals surface area contributed by atoms with Crippen LogP contribution in [0.4, 0.5) is 4.39 Å². The number of benzene rings is 1. The Kier molecular flexibility index (Phi) is 3.10. The van der Waals surface area contributed by atoms with E-state index in [0.717, 1.165) is 11.1 Å². The number of rotatable bonds is 2. The molecule has 0 aliphatic carbocycles. The van der Waals surface area contributed by atoms with Crippen LogP contribution in [-0.2, 0) is 0 Å². The highest BCUT2D eigenvalue weighted by atomic mass is 19.1. The van der Waals surface area contributed by atoms with Crippen molar-refractivity contribution in [1.82, 2.24) is 4.98 Å². The van der Waals surface area contributed by atoms with Crippen LogP contribution in [0.1, 0.15) is 16.7 Å². The van der Waals surface area contributed by atoms with E-state index in [-0.39, 0.29) is 0 Å². The molecule has 2 heteroatoms. The van der Waals surface area contributed by atoms with Gasteiger partial charge in [0.1, 0.15) is 0 Å². The van der Waals surface area contributed by atoms with Gasteiger partial charge in [-0.15, -0.1) is 0 Å². The molecule has 0 radical (unpaired) electrons. The highest BCUT2D eigenvalue weighted by Crippen LogP contribution is 2.11. The van der Waals surface area contributed by atoms with E-state index in [2.05, 4.69) is 18.0 Å². The predicted molar refractivity (Wildman–Crippen MR) is 64.3 cm³/mol. The van der Waals surface area contributed by atoms with Crippen molar-refractivity contribution in [3.05, 3.63) is 65.2 Å². The van der Waals surface area contributed by atoms with E-state index < -0.39 is 5.95 Å². The summed E-state index contributed by atoms with van der Waals surface area (Å²) < 4.78 is 12.6. The second kappa shape index (κ2) is 4.71. The molecule has 0 saturated carbocycles. The standard InChI is InChI=1S/C14H12FN/c1-11-4-2-3-5-13(11)8-6-12-7-9-14(15)16-10-12/h2-10H,1H3/b8-6+. The van der Waals surface area contributed by atoms with Crippen molar-refractivity contribution < 1.29 is 4.39 Å². The first-order valence-corrected chi connectivity index (χ1v) is 5.11. The third kappa shape index (κ3) is 2.54. The van der Waals surface area contributed by atoms with E-state index >= 15 is 0 Å². The number of nitrogens with zero attached hydrogens (tertiary/aromatic N) is 1. The van der Waals surface area contributed by atoms with Gasteiger partial charge in [-0.3, -0.25) is 0 Å². The van der Waals surface area contributed by atoms with E-state index in [1.165, 1.54) is 17.8 Å². The number of aromatic nitrogens is 1. The lowest BCUT2D eigenvalue weighted by atomic mass is 10.1. The zero-order valence-electron chi connectivity index (χ0n) is 9.02. The lowest BCUT2D eigenvalue weighted by Crippen LogP contribution is -1.82. The molecule has 0 aliphatic heterocycles. The Morgan fingerprint density at radius 1 is 1.06 bits per heavy atom. The molecule has 0 bridgehead atoms. The minimum absolute atomic E-state index is 0.451. The van der Waals surface area contributed by atoms with Gasteiger partial charge in [-0.1, -0.05) is 36.4 Å². The van der Waals surface area contributed by atoms with Gasteiger partial charge in [0.2, 0.25) is 5.95 Å². The summed E-state index contributed by atoms with van der Waals surface area (Å²) in [5, 5.41) is 0. The van der Waals surface area contributed by atoms with Gasteiger partial charge >= 0.3 is 0 Å². The molecule has 0 aliphatic rings. The zero-order valence-corrected chi connectivity index (χ0v) is 9.02. The van der Waals surface area contributed by atoms with Gasteiger partial charge in [0, 0.05) is 6.20 Å². The lowest BCUT2D eigenvalue weighted by Gasteiger charge is -1.98. The fourth-order valence-corrected chi connectivity index (χ4v) is 1.45. The van der Waals surface area contributed by atoms with Crippen LogP contribution in [0.3, 0.4) is 0 Å². The monoisotopic (exact) mass is 213 g/mol. The number of halogens is 1. The Balaban J connectivity index is 2.21. The van der Waals surface area contributed by atoms with Gasteiger partial charge in [0.15, 0.2) is 0 Å². The Hall–Kier alpha value is -1.96. The molecule has 2 rings (SSSR count). The van der Waals surface area contributed by atoms with Crippen molar-refractivity contribution in [3.63, 3.8) is 0 Å². The Bertz CT molecular complexity index is 500. The normalized spacial score (nSPS) is 10.9. The fraction of sp³-hybridized carbons (Fsp3) is 0.0714. The molecule has 1 aromatic heterocycles. The molecule has 2 aromatic rings. The van der Waals surface area contributed by atoms with Crippen molar-refractivity contribution in [2.75, 3.05) is 0 Å². The molecule has 0 saturated heterocycles. The van der Waals surface area contributed by atoms with Crippen LogP contribution in [-0.4, -0.2) is 4.98 Å². The minimum atomic E-state index is -0.451. The second-order valence-electron chi connectivity index (χ2n) is 3.60. The molecule has 0 fully saturated rings. The van der Waals surface area contributed by atoms with E-state index in [9.17, 15) is 4.39 Å². The van der Waals surface area contributed by atoms with Crippen molar-refractivity contribution in [3.8, 4) is 0 Å². The summed E-state index contributed by atoms with van der Waals surface area (Å²) >= 11 is 0. The first kappa shape index (κ1) is 10.6. The van der Waals surface area contributed by atoms with E-state index in [1.807, 2.05) is 30.4 Å². The molecule has 0 amide bonds. The van der Waals surface area contributed by atoms with Crippen LogP contribution in [0.2, 0.25) is 0 Å². The fourth-order valence-electron chi connectivity index (χ4n) is 1.45. The SMILES string of the molecule is Cc1ccccc1/C=C/c1ccc(F)nc1. The average molecular weight is 213 g/mol. The van der Waals surface area contributed by atoms with E-state index in [1.54, 1.807) is 6.07 Å². The first-order valence-electron chi connectivity index (χ1n) is 5.11. The summed E-state index contributed by atoms with van der Waals surface area (Å²) in [5.41, 5.74) is 3.27. The van der Waals surface area contributed by atoms with Crippen LogP contribution in [0, 0.1) is 12.9 Å². The highest BCUT2D eigenvalue weighted by molar-refractivity contribution is 5.70. The lowest BCUT2D eigenvalue weighted by molar-refractivity contribution is 0.583. The number of hydrogen-bond donors (Lipinski definition) is 0. The second-order valence-corrected chi connectivity index (χ2v) is 3.60. The Morgan fingerprint density at radius 2 is 1.88 bits per heavy atom. The van der Waals surface area contributed by atoms with Crippen LogP contribution in [0.5, 0.6) is 0 Å².